The van der Waals surface area contributed by atoms with Gasteiger partial charge >= 0.3 is 0 Å². The van der Waals surface area contributed by atoms with E-state index in [1.807, 2.05) is 24.5 Å². The fourth-order valence-corrected chi connectivity index (χ4v) is 2.39. The fraction of sp³-hybridized carbons (Fsp3) is 0.333. The van der Waals surface area contributed by atoms with Crippen molar-refractivity contribution >= 4 is 5.95 Å². The molecule has 100 valence electrons. The lowest BCUT2D eigenvalue weighted by Gasteiger charge is -2.28. The van der Waals surface area contributed by atoms with Crippen molar-refractivity contribution in [1.29, 1.82) is 5.26 Å². The summed E-state index contributed by atoms with van der Waals surface area (Å²) >= 11 is 0. The van der Waals surface area contributed by atoms with E-state index in [9.17, 15) is 0 Å². The summed E-state index contributed by atoms with van der Waals surface area (Å²) in [6, 6.07) is 6.22. The molecule has 3 heterocycles. The normalized spacial score (nSPS) is 15.8. The van der Waals surface area contributed by atoms with Crippen LogP contribution in [0, 0.1) is 17.2 Å². The lowest BCUT2D eigenvalue weighted by atomic mass is 9.99. The van der Waals surface area contributed by atoms with Crippen molar-refractivity contribution in [1.82, 2.24) is 15.0 Å². The summed E-state index contributed by atoms with van der Waals surface area (Å²) in [5.41, 5.74) is 2.05. The Labute approximate surface area is 117 Å². The molecule has 0 saturated carbocycles. The van der Waals surface area contributed by atoms with Gasteiger partial charge in [0.05, 0.1) is 6.07 Å². The third kappa shape index (κ3) is 2.59. The SMILES string of the molecule is N#CC1CCN(c2ncc(-c3ccncc3)cn2)CC1. The molecule has 0 atom stereocenters. The summed E-state index contributed by atoms with van der Waals surface area (Å²) in [4.78, 5) is 15.0. The first-order chi connectivity index (χ1) is 9.86. The van der Waals surface area contributed by atoms with Crippen LogP contribution in [-0.4, -0.2) is 28.0 Å². The molecular weight excluding hydrogens is 250 g/mol. The predicted octanol–water partition coefficient (Wildman–Crippen LogP) is 2.28. The minimum Gasteiger partial charge on any atom is -0.341 e. The summed E-state index contributed by atoms with van der Waals surface area (Å²) in [5, 5.41) is 8.91. The third-order valence-corrected chi connectivity index (χ3v) is 3.61. The highest BCUT2D eigenvalue weighted by Crippen LogP contribution is 2.22. The van der Waals surface area contributed by atoms with Gasteiger partial charge in [-0.05, 0) is 30.5 Å². The second kappa shape index (κ2) is 5.66. The summed E-state index contributed by atoms with van der Waals surface area (Å²) in [6.45, 7) is 1.71. The number of rotatable bonds is 2. The molecule has 1 aliphatic heterocycles. The zero-order valence-corrected chi connectivity index (χ0v) is 11.1. The van der Waals surface area contributed by atoms with E-state index in [-0.39, 0.29) is 5.92 Å². The molecule has 3 rings (SSSR count). The van der Waals surface area contributed by atoms with E-state index in [4.69, 9.17) is 5.26 Å². The zero-order valence-electron chi connectivity index (χ0n) is 11.1. The van der Waals surface area contributed by atoms with Gasteiger partial charge in [0.2, 0.25) is 5.95 Å². The van der Waals surface area contributed by atoms with Crippen LogP contribution in [0.5, 0.6) is 0 Å². The van der Waals surface area contributed by atoms with Crippen LogP contribution in [0.4, 0.5) is 5.95 Å². The second-order valence-electron chi connectivity index (χ2n) is 4.90. The van der Waals surface area contributed by atoms with Crippen LogP contribution in [0.3, 0.4) is 0 Å². The lowest BCUT2D eigenvalue weighted by Crippen LogP contribution is -2.34. The second-order valence-corrected chi connectivity index (χ2v) is 4.90. The number of pyridine rings is 1. The number of anilines is 1. The highest BCUT2D eigenvalue weighted by Gasteiger charge is 2.20. The summed E-state index contributed by atoms with van der Waals surface area (Å²) < 4.78 is 0. The Hall–Kier alpha value is -2.48. The molecule has 0 aliphatic carbocycles. The van der Waals surface area contributed by atoms with Crippen molar-refractivity contribution in [3.8, 4) is 17.2 Å². The third-order valence-electron chi connectivity index (χ3n) is 3.61. The molecule has 5 heteroatoms. The van der Waals surface area contributed by atoms with Crippen LogP contribution in [-0.2, 0) is 0 Å². The molecule has 0 radical (unpaired) electrons. The fourth-order valence-electron chi connectivity index (χ4n) is 2.39. The monoisotopic (exact) mass is 265 g/mol. The number of nitriles is 1. The van der Waals surface area contributed by atoms with E-state index < -0.39 is 0 Å². The Balaban J connectivity index is 1.73. The Bertz CT molecular complexity index is 594. The molecule has 0 spiro atoms. The maximum absolute atomic E-state index is 8.91. The molecule has 1 saturated heterocycles. The van der Waals surface area contributed by atoms with Gasteiger partial charge in [0.1, 0.15) is 0 Å². The zero-order chi connectivity index (χ0) is 13.8. The molecule has 5 nitrogen and oxygen atoms in total. The van der Waals surface area contributed by atoms with E-state index >= 15 is 0 Å². The van der Waals surface area contributed by atoms with Crippen molar-refractivity contribution in [3.63, 3.8) is 0 Å². The average molecular weight is 265 g/mol. The number of piperidine rings is 1. The first-order valence-corrected chi connectivity index (χ1v) is 6.74. The summed E-state index contributed by atoms with van der Waals surface area (Å²) in [6.07, 6.45) is 8.99. The van der Waals surface area contributed by atoms with Gasteiger partial charge in [0, 0.05) is 49.4 Å². The minimum absolute atomic E-state index is 0.183. The minimum atomic E-state index is 0.183. The van der Waals surface area contributed by atoms with Gasteiger partial charge in [0.15, 0.2) is 0 Å². The van der Waals surface area contributed by atoms with Gasteiger partial charge in [-0.25, -0.2) is 9.97 Å². The van der Waals surface area contributed by atoms with E-state index in [2.05, 4.69) is 25.9 Å². The van der Waals surface area contributed by atoms with Crippen LogP contribution in [0.15, 0.2) is 36.9 Å². The Morgan fingerprint density at radius 2 is 1.70 bits per heavy atom. The lowest BCUT2D eigenvalue weighted by molar-refractivity contribution is 0.482. The molecule has 0 N–H and O–H groups in total. The molecule has 0 bridgehead atoms. The van der Waals surface area contributed by atoms with Crippen LogP contribution >= 0.6 is 0 Å². The molecule has 20 heavy (non-hydrogen) atoms. The van der Waals surface area contributed by atoms with E-state index in [0.29, 0.717) is 0 Å². The number of aromatic nitrogens is 3. The first kappa shape index (κ1) is 12.5. The maximum Gasteiger partial charge on any atom is 0.225 e. The van der Waals surface area contributed by atoms with Crippen molar-refractivity contribution in [2.24, 2.45) is 5.92 Å². The van der Waals surface area contributed by atoms with Crippen LogP contribution < -0.4 is 4.90 Å². The first-order valence-electron chi connectivity index (χ1n) is 6.74. The maximum atomic E-state index is 8.91. The largest absolute Gasteiger partial charge is 0.341 e. The highest BCUT2D eigenvalue weighted by molar-refractivity contribution is 5.61. The van der Waals surface area contributed by atoms with Crippen molar-refractivity contribution < 1.29 is 0 Å². The van der Waals surface area contributed by atoms with Gasteiger partial charge in [-0.15, -0.1) is 0 Å². The van der Waals surface area contributed by atoms with E-state index in [1.165, 1.54) is 0 Å². The van der Waals surface area contributed by atoms with E-state index in [0.717, 1.165) is 43.0 Å². The highest BCUT2D eigenvalue weighted by atomic mass is 15.2. The molecule has 1 aliphatic rings. The van der Waals surface area contributed by atoms with Gasteiger partial charge in [-0.2, -0.15) is 5.26 Å². The number of hydrogen-bond donors (Lipinski definition) is 0. The molecule has 2 aromatic heterocycles. The van der Waals surface area contributed by atoms with Crippen LogP contribution in [0.25, 0.3) is 11.1 Å². The Morgan fingerprint density at radius 3 is 2.30 bits per heavy atom. The van der Waals surface area contributed by atoms with Crippen molar-refractivity contribution in [2.45, 2.75) is 12.8 Å². The number of nitrogens with zero attached hydrogens (tertiary/aromatic N) is 5. The predicted molar refractivity (Wildman–Crippen MR) is 75.8 cm³/mol. The van der Waals surface area contributed by atoms with Gasteiger partial charge < -0.3 is 4.90 Å². The van der Waals surface area contributed by atoms with Gasteiger partial charge in [0.25, 0.3) is 0 Å². The van der Waals surface area contributed by atoms with Crippen molar-refractivity contribution in [3.05, 3.63) is 36.9 Å². The summed E-state index contributed by atoms with van der Waals surface area (Å²) in [7, 11) is 0. The molecule has 0 amide bonds. The standard InChI is InChI=1S/C15H15N5/c16-9-12-3-7-20(8-4-12)15-18-10-14(11-19-15)13-1-5-17-6-2-13/h1-2,5-6,10-12H,3-4,7-8H2. The molecular formula is C15H15N5. The van der Waals surface area contributed by atoms with Crippen molar-refractivity contribution in [2.75, 3.05) is 18.0 Å². The number of hydrogen-bond acceptors (Lipinski definition) is 5. The molecule has 0 unspecified atom stereocenters. The Kier molecular flexibility index (Phi) is 3.55. The van der Waals surface area contributed by atoms with Gasteiger partial charge in [-0.3, -0.25) is 4.98 Å². The smallest absolute Gasteiger partial charge is 0.225 e. The molecule has 2 aromatic rings. The van der Waals surface area contributed by atoms with Crippen LogP contribution in [0.2, 0.25) is 0 Å². The summed E-state index contributed by atoms with van der Waals surface area (Å²) in [5.74, 6) is 0.932. The van der Waals surface area contributed by atoms with Gasteiger partial charge in [-0.1, -0.05) is 0 Å². The Morgan fingerprint density at radius 1 is 1.05 bits per heavy atom. The van der Waals surface area contributed by atoms with E-state index in [1.54, 1.807) is 12.4 Å². The quantitative estimate of drug-likeness (QED) is 0.833. The molecule has 0 aromatic carbocycles. The average Bonchev–Trinajstić information content (AvgIpc) is 2.56. The van der Waals surface area contributed by atoms with Crippen LogP contribution in [0.1, 0.15) is 12.8 Å². The topological polar surface area (TPSA) is 65.7 Å². The molecule has 1 fully saturated rings.